The lowest BCUT2D eigenvalue weighted by Crippen LogP contribution is -2.30. The molecule has 0 saturated heterocycles. The number of allylic oxidation sites excluding steroid dienone is 1. The summed E-state index contributed by atoms with van der Waals surface area (Å²) in [6.07, 6.45) is 19.6. The molecule has 4 unspecified atom stereocenters. The van der Waals surface area contributed by atoms with Crippen LogP contribution in [0.4, 0.5) is 8.78 Å². The standard InChI is InChI=1S/C31H42F2O/c1-3-5-7-8-9-10-22-11-12-24-19-25(14-13-23(24)18-22)27-20-26-15-16-29(34-17-6-4-2)31(33)30(26)28(32)21-27/h4,6,15-16,20-25H,3,5,7-14,17-19H2,1-2H3. The summed E-state index contributed by atoms with van der Waals surface area (Å²) in [4.78, 5) is 0. The van der Waals surface area contributed by atoms with Crippen LogP contribution in [0.25, 0.3) is 10.8 Å². The fourth-order valence-electron chi connectivity index (χ4n) is 6.54. The number of benzene rings is 2. The zero-order valence-electron chi connectivity index (χ0n) is 21.1. The molecule has 186 valence electrons. The van der Waals surface area contributed by atoms with Gasteiger partial charge in [0.05, 0.1) is 5.39 Å². The monoisotopic (exact) mass is 468 g/mol. The number of rotatable bonds is 10. The Morgan fingerprint density at radius 2 is 1.74 bits per heavy atom. The van der Waals surface area contributed by atoms with E-state index in [0.29, 0.717) is 11.3 Å². The number of hydrogen-bond acceptors (Lipinski definition) is 1. The largest absolute Gasteiger partial charge is 0.486 e. The van der Waals surface area contributed by atoms with Crippen molar-refractivity contribution in [3.63, 3.8) is 0 Å². The molecule has 0 N–H and O–H groups in total. The summed E-state index contributed by atoms with van der Waals surface area (Å²) in [5.41, 5.74) is 1.04. The van der Waals surface area contributed by atoms with E-state index in [4.69, 9.17) is 4.74 Å². The molecule has 2 aromatic carbocycles. The lowest BCUT2D eigenvalue weighted by atomic mass is 9.63. The third kappa shape index (κ3) is 6.01. The summed E-state index contributed by atoms with van der Waals surface area (Å²) in [6.45, 7) is 4.44. The van der Waals surface area contributed by atoms with E-state index in [1.807, 2.05) is 19.1 Å². The van der Waals surface area contributed by atoms with E-state index >= 15 is 4.39 Å². The molecule has 0 aromatic heterocycles. The number of unbranched alkanes of at least 4 members (excludes halogenated alkanes) is 4. The quantitative estimate of drug-likeness (QED) is 0.249. The maximum atomic E-state index is 15.1. The molecule has 2 saturated carbocycles. The van der Waals surface area contributed by atoms with E-state index < -0.39 is 11.6 Å². The fraction of sp³-hybridized carbons (Fsp3) is 0.613. The van der Waals surface area contributed by atoms with Crippen LogP contribution in [0.1, 0.15) is 102 Å². The van der Waals surface area contributed by atoms with Gasteiger partial charge in [-0.3, -0.25) is 0 Å². The maximum absolute atomic E-state index is 15.1. The Morgan fingerprint density at radius 3 is 2.56 bits per heavy atom. The molecular weight excluding hydrogens is 426 g/mol. The van der Waals surface area contributed by atoms with Crippen LogP contribution < -0.4 is 4.74 Å². The number of halogens is 2. The van der Waals surface area contributed by atoms with Crippen molar-refractivity contribution >= 4 is 10.8 Å². The van der Waals surface area contributed by atoms with Gasteiger partial charge >= 0.3 is 0 Å². The summed E-state index contributed by atoms with van der Waals surface area (Å²) < 4.78 is 35.5. The average Bonchev–Trinajstić information content (AvgIpc) is 2.84. The molecule has 2 aliphatic rings. The number of hydrogen-bond donors (Lipinski definition) is 0. The molecule has 2 fully saturated rings. The van der Waals surface area contributed by atoms with Crippen LogP contribution in [-0.2, 0) is 0 Å². The van der Waals surface area contributed by atoms with E-state index in [9.17, 15) is 4.39 Å². The average molecular weight is 469 g/mol. The highest BCUT2D eigenvalue weighted by Gasteiger charge is 2.36. The molecule has 3 heteroatoms. The van der Waals surface area contributed by atoms with Crippen molar-refractivity contribution in [1.82, 2.24) is 0 Å². The first-order valence-corrected chi connectivity index (χ1v) is 13.8. The van der Waals surface area contributed by atoms with Crippen LogP contribution in [0.2, 0.25) is 0 Å². The third-order valence-electron chi connectivity index (χ3n) is 8.47. The zero-order chi connectivity index (χ0) is 23.9. The molecule has 0 amide bonds. The van der Waals surface area contributed by atoms with Gasteiger partial charge in [0.15, 0.2) is 11.6 Å². The summed E-state index contributed by atoms with van der Waals surface area (Å²) in [7, 11) is 0. The number of fused-ring (bicyclic) bond motifs is 2. The van der Waals surface area contributed by atoms with Crippen LogP contribution in [0, 0.1) is 29.4 Å². The SMILES string of the molecule is CC=CCOc1ccc2cc(C3CCC4CC(CCCCCCC)CCC4C3)cc(F)c2c1F. The van der Waals surface area contributed by atoms with Crippen molar-refractivity contribution in [3.05, 3.63) is 53.6 Å². The molecule has 2 aliphatic carbocycles. The molecule has 4 atom stereocenters. The summed E-state index contributed by atoms with van der Waals surface area (Å²) >= 11 is 0. The van der Waals surface area contributed by atoms with E-state index in [1.54, 1.807) is 24.3 Å². The van der Waals surface area contributed by atoms with E-state index in [1.165, 1.54) is 64.2 Å². The first kappa shape index (κ1) is 25.2. The van der Waals surface area contributed by atoms with Crippen molar-refractivity contribution in [2.45, 2.75) is 96.8 Å². The van der Waals surface area contributed by atoms with Crippen LogP contribution >= 0.6 is 0 Å². The lowest BCUT2D eigenvalue weighted by Gasteiger charge is -2.42. The van der Waals surface area contributed by atoms with Gasteiger partial charge in [-0.05, 0) is 85.8 Å². The van der Waals surface area contributed by atoms with Gasteiger partial charge in [-0.1, -0.05) is 76.2 Å². The first-order chi connectivity index (χ1) is 16.6. The van der Waals surface area contributed by atoms with Gasteiger partial charge in [-0.2, -0.15) is 0 Å². The Morgan fingerprint density at radius 1 is 0.941 bits per heavy atom. The highest BCUT2D eigenvalue weighted by Crippen LogP contribution is 2.49. The minimum absolute atomic E-state index is 0.0508. The summed E-state index contributed by atoms with van der Waals surface area (Å²) in [5.74, 6) is 1.99. The van der Waals surface area contributed by atoms with Crippen molar-refractivity contribution in [2.75, 3.05) is 6.61 Å². The molecule has 0 heterocycles. The Hall–Kier alpha value is -1.90. The van der Waals surface area contributed by atoms with Crippen LogP contribution in [0.5, 0.6) is 5.75 Å². The second-order valence-corrected chi connectivity index (χ2v) is 10.8. The molecule has 0 spiro atoms. The third-order valence-corrected chi connectivity index (χ3v) is 8.47. The Balaban J connectivity index is 1.38. The van der Waals surface area contributed by atoms with E-state index in [0.717, 1.165) is 36.2 Å². The topological polar surface area (TPSA) is 9.23 Å². The van der Waals surface area contributed by atoms with Gasteiger partial charge in [0.1, 0.15) is 12.4 Å². The van der Waals surface area contributed by atoms with Crippen LogP contribution in [0.15, 0.2) is 36.4 Å². The van der Waals surface area contributed by atoms with Gasteiger partial charge in [0, 0.05) is 0 Å². The normalized spacial score (nSPS) is 25.1. The Bertz CT molecular complexity index is 966. The fourth-order valence-corrected chi connectivity index (χ4v) is 6.54. The molecule has 4 rings (SSSR count). The maximum Gasteiger partial charge on any atom is 0.175 e. The minimum Gasteiger partial charge on any atom is -0.486 e. The molecule has 2 aromatic rings. The van der Waals surface area contributed by atoms with Crippen molar-refractivity contribution in [3.8, 4) is 5.75 Å². The Kier molecular flexibility index (Phi) is 9.03. The smallest absolute Gasteiger partial charge is 0.175 e. The van der Waals surface area contributed by atoms with Crippen LogP contribution in [-0.4, -0.2) is 6.61 Å². The molecule has 0 bridgehead atoms. The number of ether oxygens (including phenoxy) is 1. The van der Waals surface area contributed by atoms with Crippen molar-refractivity contribution < 1.29 is 13.5 Å². The van der Waals surface area contributed by atoms with Gasteiger partial charge < -0.3 is 4.74 Å². The second kappa shape index (κ2) is 12.2. The zero-order valence-corrected chi connectivity index (χ0v) is 21.1. The van der Waals surface area contributed by atoms with Crippen LogP contribution in [0.3, 0.4) is 0 Å². The Labute approximate surface area is 205 Å². The molecule has 0 aliphatic heterocycles. The van der Waals surface area contributed by atoms with Gasteiger partial charge in [0.2, 0.25) is 0 Å². The predicted octanol–water partition coefficient (Wildman–Crippen LogP) is 9.73. The van der Waals surface area contributed by atoms with E-state index in [2.05, 4.69) is 6.92 Å². The molecule has 0 radical (unpaired) electrons. The molecule has 1 nitrogen and oxygen atoms in total. The summed E-state index contributed by atoms with van der Waals surface area (Å²) in [5, 5.41) is 0.689. The van der Waals surface area contributed by atoms with Crippen molar-refractivity contribution in [2.24, 2.45) is 17.8 Å². The van der Waals surface area contributed by atoms with Gasteiger partial charge in [-0.25, -0.2) is 8.78 Å². The predicted molar refractivity (Wildman–Crippen MR) is 138 cm³/mol. The summed E-state index contributed by atoms with van der Waals surface area (Å²) in [6, 6.07) is 7.04. The van der Waals surface area contributed by atoms with Crippen molar-refractivity contribution in [1.29, 1.82) is 0 Å². The van der Waals surface area contributed by atoms with Gasteiger partial charge in [-0.15, -0.1) is 0 Å². The van der Waals surface area contributed by atoms with Gasteiger partial charge in [0.25, 0.3) is 0 Å². The molecular formula is C31H42F2O. The first-order valence-electron chi connectivity index (χ1n) is 13.8. The van der Waals surface area contributed by atoms with E-state index in [-0.39, 0.29) is 17.7 Å². The second-order valence-electron chi connectivity index (χ2n) is 10.8. The lowest BCUT2D eigenvalue weighted by molar-refractivity contribution is 0.113. The highest BCUT2D eigenvalue weighted by molar-refractivity contribution is 5.86. The molecule has 34 heavy (non-hydrogen) atoms. The highest BCUT2D eigenvalue weighted by atomic mass is 19.1. The minimum atomic E-state index is -0.595.